The van der Waals surface area contributed by atoms with Crippen molar-refractivity contribution >= 4 is 11.2 Å². The van der Waals surface area contributed by atoms with Crippen LogP contribution in [-0.4, -0.2) is 19.5 Å². The van der Waals surface area contributed by atoms with Gasteiger partial charge < -0.3 is 0 Å². The molecule has 3 aromatic rings. The van der Waals surface area contributed by atoms with E-state index in [9.17, 15) is 4.79 Å². The highest BCUT2D eigenvalue weighted by Gasteiger charge is 2.12. The molecule has 94 valence electrons. The Hall–Kier alpha value is -2.56. The van der Waals surface area contributed by atoms with E-state index in [1.165, 1.54) is 12.4 Å². The highest BCUT2D eigenvalue weighted by Crippen LogP contribution is 2.13. The molecule has 2 heterocycles. The summed E-state index contributed by atoms with van der Waals surface area (Å²) in [6.45, 7) is 3.75. The Morgan fingerprint density at radius 2 is 1.79 bits per heavy atom. The molecule has 0 saturated carbocycles. The number of nitrogens with zero attached hydrogens (tertiary/aromatic N) is 4. The molecule has 0 N–H and O–H groups in total. The summed E-state index contributed by atoms with van der Waals surface area (Å²) in [6, 6.07) is 7.69. The van der Waals surface area contributed by atoms with E-state index in [0.717, 1.165) is 11.3 Å². The van der Waals surface area contributed by atoms with Gasteiger partial charge in [-0.15, -0.1) is 0 Å². The fourth-order valence-corrected chi connectivity index (χ4v) is 2.12. The van der Waals surface area contributed by atoms with Crippen LogP contribution in [0.5, 0.6) is 0 Å². The summed E-state index contributed by atoms with van der Waals surface area (Å²) in [7, 11) is 0. The van der Waals surface area contributed by atoms with Crippen molar-refractivity contribution in [2.75, 3.05) is 0 Å². The molecule has 0 spiro atoms. The van der Waals surface area contributed by atoms with Crippen molar-refractivity contribution in [2.45, 2.75) is 13.8 Å². The summed E-state index contributed by atoms with van der Waals surface area (Å²) in [5.41, 5.74) is 2.32. The molecule has 1 aromatic carbocycles. The van der Waals surface area contributed by atoms with E-state index in [1.807, 2.05) is 31.2 Å². The highest BCUT2D eigenvalue weighted by atomic mass is 16.1. The lowest BCUT2D eigenvalue weighted by atomic mass is 10.2. The fourth-order valence-electron chi connectivity index (χ4n) is 2.12. The Bertz CT molecular complexity index is 823. The van der Waals surface area contributed by atoms with Crippen LogP contribution in [0.2, 0.25) is 0 Å². The molecular formula is C14H12N4O. The minimum absolute atomic E-state index is 0.190. The number of hydrogen-bond donors (Lipinski definition) is 0. The van der Waals surface area contributed by atoms with Crippen LogP contribution < -0.4 is 5.56 Å². The van der Waals surface area contributed by atoms with E-state index >= 15 is 0 Å². The van der Waals surface area contributed by atoms with Gasteiger partial charge in [-0.1, -0.05) is 18.2 Å². The maximum Gasteiger partial charge on any atom is 0.286 e. The van der Waals surface area contributed by atoms with Gasteiger partial charge in [0, 0.05) is 12.4 Å². The van der Waals surface area contributed by atoms with E-state index in [2.05, 4.69) is 15.0 Å². The van der Waals surface area contributed by atoms with Gasteiger partial charge in [-0.25, -0.2) is 15.0 Å². The molecule has 19 heavy (non-hydrogen) atoms. The van der Waals surface area contributed by atoms with Crippen LogP contribution in [0.1, 0.15) is 11.4 Å². The molecule has 3 rings (SSSR count). The van der Waals surface area contributed by atoms with E-state index in [0.29, 0.717) is 11.5 Å². The zero-order valence-corrected chi connectivity index (χ0v) is 10.7. The van der Waals surface area contributed by atoms with E-state index in [1.54, 1.807) is 11.5 Å². The van der Waals surface area contributed by atoms with Crippen LogP contribution >= 0.6 is 0 Å². The van der Waals surface area contributed by atoms with Crippen LogP contribution in [-0.2, 0) is 0 Å². The lowest BCUT2D eigenvalue weighted by molar-refractivity contribution is 0.876. The van der Waals surface area contributed by atoms with Crippen molar-refractivity contribution < 1.29 is 0 Å². The molecule has 0 bridgehead atoms. The second-order valence-corrected chi connectivity index (χ2v) is 4.31. The minimum atomic E-state index is -0.190. The van der Waals surface area contributed by atoms with Gasteiger partial charge in [0.15, 0.2) is 11.2 Å². The van der Waals surface area contributed by atoms with Crippen LogP contribution in [0.4, 0.5) is 0 Å². The van der Waals surface area contributed by atoms with Gasteiger partial charge in [-0.2, -0.15) is 0 Å². The van der Waals surface area contributed by atoms with E-state index < -0.39 is 0 Å². The van der Waals surface area contributed by atoms with Crippen molar-refractivity contribution in [3.63, 3.8) is 0 Å². The maximum atomic E-state index is 12.5. The second-order valence-electron chi connectivity index (χ2n) is 4.31. The number of rotatable bonds is 1. The molecule has 0 fully saturated rings. The van der Waals surface area contributed by atoms with E-state index in [4.69, 9.17) is 0 Å². The quantitative estimate of drug-likeness (QED) is 0.662. The van der Waals surface area contributed by atoms with Crippen LogP contribution in [0.15, 0.2) is 41.5 Å². The largest absolute Gasteiger partial charge is 0.286 e. The second kappa shape index (κ2) is 4.28. The predicted molar refractivity (Wildman–Crippen MR) is 72.4 cm³/mol. The number of fused-ring (bicyclic) bond motifs is 1. The molecule has 0 aliphatic heterocycles. The molecule has 0 aliphatic rings. The molecule has 0 radical (unpaired) electrons. The summed E-state index contributed by atoms with van der Waals surface area (Å²) in [5, 5.41) is 0. The Labute approximate surface area is 109 Å². The first-order valence-corrected chi connectivity index (χ1v) is 5.95. The zero-order valence-electron chi connectivity index (χ0n) is 10.7. The predicted octanol–water partition coefficient (Wildman–Crippen LogP) is 1.79. The molecule has 5 heteroatoms. The molecular weight excluding hydrogens is 240 g/mol. The zero-order chi connectivity index (χ0) is 13.4. The Kier molecular flexibility index (Phi) is 2.59. The van der Waals surface area contributed by atoms with E-state index in [-0.39, 0.29) is 11.1 Å². The smallest absolute Gasteiger partial charge is 0.266 e. The first-order valence-electron chi connectivity index (χ1n) is 5.95. The maximum absolute atomic E-state index is 12.5. The number of aromatic nitrogens is 4. The average molecular weight is 252 g/mol. The average Bonchev–Trinajstić information content (AvgIpc) is 2.41. The lowest BCUT2D eigenvalue weighted by Crippen LogP contribution is -2.24. The van der Waals surface area contributed by atoms with Gasteiger partial charge in [0.1, 0.15) is 5.82 Å². The highest BCUT2D eigenvalue weighted by molar-refractivity contribution is 5.68. The first kappa shape index (κ1) is 11.5. The van der Waals surface area contributed by atoms with Gasteiger partial charge >= 0.3 is 0 Å². The van der Waals surface area contributed by atoms with Crippen LogP contribution in [0, 0.1) is 13.8 Å². The molecule has 0 atom stereocenters. The number of hydrogen-bond acceptors (Lipinski definition) is 4. The summed E-state index contributed by atoms with van der Waals surface area (Å²) in [4.78, 5) is 25.0. The van der Waals surface area contributed by atoms with Crippen molar-refractivity contribution in [1.82, 2.24) is 19.5 Å². The summed E-state index contributed by atoms with van der Waals surface area (Å²) >= 11 is 0. The summed E-state index contributed by atoms with van der Waals surface area (Å²) in [5.74, 6) is 0.604. The lowest BCUT2D eigenvalue weighted by Gasteiger charge is -2.12. The summed E-state index contributed by atoms with van der Waals surface area (Å²) < 4.78 is 1.58. The Morgan fingerprint density at radius 3 is 2.58 bits per heavy atom. The van der Waals surface area contributed by atoms with Crippen molar-refractivity contribution in [2.24, 2.45) is 0 Å². The van der Waals surface area contributed by atoms with Gasteiger partial charge in [0.2, 0.25) is 0 Å². The van der Waals surface area contributed by atoms with Gasteiger partial charge in [-0.3, -0.25) is 9.36 Å². The van der Waals surface area contributed by atoms with Gasteiger partial charge in [0.25, 0.3) is 5.56 Å². The van der Waals surface area contributed by atoms with Gasteiger partial charge in [-0.05, 0) is 25.5 Å². The topological polar surface area (TPSA) is 60.7 Å². The van der Waals surface area contributed by atoms with Gasteiger partial charge in [0.05, 0.1) is 5.69 Å². The van der Waals surface area contributed by atoms with Crippen LogP contribution in [0.3, 0.4) is 0 Å². The Morgan fingerprint density at radius 1 is 1.05 bits per heavy atom. The van der Waals surface area contributed by atoms with Crippen LogP contribution in [0.25, 0.3) is 16.9 Å². The normalized spacial score (nSPS) is 10.8. The first-order chi connectivity index (χ1) is 9.18. The van der Waals surface area contributed by atoms with Crippen molar-refractivity contribution in [1.29, 1.82) is 0 Å². The number of aryl methyl sites for hydroxylation is 2. The fraction of sp³-hybridized carbons (Fsp3) is 0.143. The molecule has 0 amide bonds. The molecule has 5 nitrogen and oxygen atoms in total. The summed E-state index contributed by atoms with van der Waals surface area (Å²) in [6.07, 6.45) is 3.04. The number of para-hydroxylation sites is 1. The standard InChI is InChI=1S/C14H12N4O/c1-9-5-3-4-6-11(9)18-10(2)17-13-12(14(18)19)15-7-8-16-13/h3-8H,1-2H3. The SMILES string of the molecule is Cc1ccccc1-n1c(C)nc2nccnc2c1=O. The van der Waals surface area contributed by atoms with Crippen molar-refractivity contribution in [3.05, 3.63) is 58.4 Å². The third-order valence-electron chi connectivity index (χ3n) is 3.03. The number of benzene rings is 1. The third kappa shape index (κ3) is 1.79. The van der Waals surface area contributed by atoms with Crippen molar-refractivity contribution in [3.8, 4) is 5.69 Å². The third-order valence-corrected chi connectivity index (χ3v) is 3.03. The molecule has 0 aliphatic carbocycles. The Balaban J connectivity index is 2.43. The minimum Gasteiger partial charge on any atom is -0.266 e. The molecule has 0 unspecified atom stereocenters. The molecule has 2 aromatic heterocycles. The molecule has 0 saturated heterocycles. The monoisotopic (exact) mass is 252 g/mol.